The van der Waals surface area contributed by atoms with Crippen molar-refractivity contribution in [3.63, 3.8) is 0 Å². The summed E-state index contributed by atoms with van der Waals surface area (Å²) in [5.74, 6) is 1.58. The number of para-hydroxylation sites is 2. The fraction of sp³-hybridized carbons (Fsp3) is 0.250. The molecule has 0 radical (unpaired) electrons. The fourth-order valence-corrected chi connectivity index (χ4v) is 1.84. The molecule has 1 aromatic carbocycles. The number of aromatic nitrogens is 2. The van der Waals surface area contributed by atoms with E-state index in [2.05, 4.69) is 5.10 Å². The maximum absolute atomic E-state index is 5.82. The smallest absolute Gasteiger partial charge is 0.161 e. The van der Waals surface area contributed by atoms with E-state index in [0.29, 0.717) is 18.8 Å². The van der Waals surface area contributed by atoms with E-state index in [1.807, 2.05) is 24.3 Å². The van der Waals surface area contributed by atoms with Gasteiger partial charge in [-0.25, -0.2) is 0 Å². The maximum Gasteiger partial charge on any atom is 0.161 e. The van der Waals surface area contributed by atoms with Gasteiger partial charge in [-0.2, -0.15) is 5.10 Å². The highest BCUT2D eigenvalue weighted by Gasteiger charge is 2.21. The number of nitrogens with zero attached hydrogens (tertiary/aromatic N) is 2. The lowest BCUT2D eigenvalue weighted by Gasteiger charge is -2.26. The third-order valence-electron chi connectivity index (χ3n) is 2.61. The number of anilines is 1. The molecule has 5 nitrogen and oxygen atoms in total. The number of nitrogens with two attached hydrogens (primary N) is 1. The summed E-state index contributed by atoms with van der Waals surface area (Å²) in [7, 11) is 0. The minimum Gasteiger partial charge on any atom is -0.486 e. The van der Waals surface area contributed by atoms with Crippen LogP contribution in [0.5, 0.6) is 11.5 Å². The summed E-state index contributed by atoms with van der Waals surface area (Å²) in [6.45, 7) is 1.16. The lowest BCUT2D eigenvalue weighted by atomic mass is 10.2. The summed E-state index contributed by atoms with van der Waals surface area (Å²) >= 11 is 0. The van der Waals surface area contributed by atoms with E-state index in [1.54, 1.807) is 17.1 Å². The van der Waals surface area contributed by atoms with Gasteiger partial charge in [0.05, 0.1) is 18.4 Å². The third-order valence-corrected chi connectivity index (χ3v) is 2.61. The first kappa shape index (κ1) is 10.0. The van der Waals surface area contributed by atoms with Crippen LogP contribution in [-0.4, -0.2) is 22.5 Å². The van der Waals surface area contributed by atoms with Gasteiger partial charge in [-0.3, -0.25) is 4.68 Å². The molecule has 2 heterocycles. The molecule has 0 amide bonds. The second kappa shape index (κ2) is 4.01. The minimum atomic E-state index is -0.0378. The average molecular weight is 231 g/mol. The van der Waals surface area contributed by atoms with Crippen molar-refractivity contribution in [3.05, 3.63) is 36.7 Å². The van der Waals surface area contributed by atoms with Crippen molar-refractivity contribution in [2.45, 2.75) is 12.6 Å². The molecule has 0 saturated carbocycles. The lowest BCUT2D eigenvalue weighted by Crippen LogP contribution is -2.33. The second-order valence-electron chi connectivity index (χ2n) is 3.99. The van der Waals surface area contributed by atoms with Gasteiger partial charge in [-0.1, -0.05) is 12.1 Å². The number of nitrogen functional groups attached to an aromatic ring is 1. The van der Waals surface area contributed by atoms with Gasteiger partial charge in [-0.15, -0.1) is 0 Å². The quantitative estimate of drug-likeness (QED) is 0.846. The Morgan fingerprint density at radius 3 is 2.94 bits per heavy atom. The van der Waals surface area contributed by atoms with Gasteiger partial charge in [0.2, 0.25) is 0 Å². The third kappa shape index (κ3) is 2.04. The Balaban J connectivity index is 1.72. The van der Waals surface area contributed by atoms with Crippen LogP contribution in [0.3, 0.4) is 0 Å². The Morgan fingerprint density at radius 2 is 2.18 bits per heavy atom. The van der Waals surface area contributed by atoms with Crippen LogP contribution in [0.2, 0.25) is 0 Å². The van der Waals surface area contributed by atoms with Crippen molar-refractivity contribution in [2.75, 3.05) is 12.3 Å². The Kier molecular flexibility index (Phi) is 2.36. The number of hydrogen-bond donors (Lipinski definition) is 1. The van der Waals surface area contributed by atoms with Crippen LogP contribution in [0.1, 0.15) is 0 Å². The first-order valence-corrected chi connectivity index (χ1v) is 5.48. The molecule has 3 rings (SSSR count). The number of rotatable bonds is 2. The number of benzene rings is 1. The molecule has 1 atom stereocenters. The van der Waals surface area contributed by atoms with E-state index < -0.39 is 0 Å². The minimum absolute atomic E-state index is 0.0378. The molecule has 0 saturated heterocycles. The van der Waals surface area contributed by atoms with Crippen molar-refractivity contribution in [1.29, 1.82) is 0 Å². The van der Waals surface area contributed by atoms with E-state index in [0.717, 1.165) is 11.5 Å². The van der Waals surface area contributed by atoms with Crippen LogP contribution in [-0.2, 0) is 6.54 Å². The summed E-state index contributed by atoms with van der Waals surface area (Å²) in [6.07, 6.45) is 3.37. The van der Waals surface area contributed by atoms with Crippen LogP contribution in [0.4, 0.5) is 5.69 Å². The second-order valence-corrected chi connectivity index (χ2v) is 3.99. The SMILES string of the molecule is Nc1cnn(C[C@@H]2COc3ccccc3O2)c1. The fourth-order valence-electron chi connectivity index (χ4n) is 1.84. The molecule has 0 aliphatic carbocycles. The van der Waals surface area contributed by atoms with Crippen LogP contribution >= 0.6 is 0 Å². The molecule has 1 aliphatic rings. The Labute approximate surface area is 98.8 Å². The van der Waals surface area contributed by atoms with Crippen LogP contribution < -0.4 is 15.2 Å². The number of ether oxygens (including phenoxy) is 2. The lowest BCUT2D eigenvalue weighted by molar-refractivity contribution is 0.0759. The molecule has 0 unspecified atom stereocenters. The average Bonchev–Trinajstić information content (AvgIpc) is 2.75. The van der Waals surface area contributed by atoms with E-state index in [-0.39, 0.29) is 6.10 Å². The van der Waals surface area contributed by atoms with Crippen molar-refractivity contribution >= 4 is 5.69 Å². The zero-order valence-corrected chi connectivity index (χ0v) is 9.24. The molecule has 2 aromatic rings. The number of fused-ring (bicyclic) bond motifs is 1. The van der Waals surface area contributed by atoms with Gasteiger partial charge in [0.25, 0.3) is 0 Å². The summed E-state index contributed by atoms with van der Waals surface area (Å²) in [6, 6.07) is 7.66. The van der Waals surface area contributed by atoms with Gasteiger partial charge in [0, 0.05) is 6.20 Å². The largest absolute Gasteiger partial charge is 0.486 e. The van der Waals surface area contributed by atoms with Crippen molar-refractivity contribution in [1.82, 2.24) is 9.78 Å². The Morgan fingerprint density at radius 1 is 1.35 bits per heavy atom. The summed E-state index contributed by atoms with van der Waals surface area (Å²) in [5.41, 5.74) is 6.26. The van der Waals surface area contributed by atoms with Crippen molar-refractivity contribution in [3.8, 4) is 11.5 Å². The maximum atomic E-state index is 5.82. The van der Waals surface area contributed by atoms with Gasteiger partial charge in [0.1, 0.15) is 6.61 Å². The highest BCUT2D eigenvalue weighted by atomic mass is 16.6. The summed E-state index contributed by atoms with van der Waals surface area (Å²) < 4.78 is 13.2. The van der Waals surface area contributed by atoms with E-state index in [9.17, 15) is 0 Å². The van der Waals surface area contributed by atoms with Crippen molar-refractivity contribution in [2.24, 2.45) is 0 Å². The topological polar surface area (TPSA) is 62.3 Å². The number of hydrogen-bond acceptors (Lipinski definition) is 4. The summed E-state index contributed by atoms with van der Waals surface area (Å²) in [4.78, 5) is 0. The predicted octanol–water partition coefficient (Wildman–Crippen LogP) is 1.31. The van der Waals surface area contributed by atoms with Crippen LogP contribution in [0.15, 0.2) is 36.7 Å². The Hall–Kier alpha value is -2.17. The van der Waals surface area contributed by atoms with Crippen molar-refractivity contribution < 1.29 is 9.47 Å². The van der Waals surface area contributed by atoms with Gasteiger partial charge >= 0.3 is 0 Å². The van der Waals surface area contributed by atoms with E-state index in [4.69, 9.17) is 15.2 Å². The molecule has 1 aromatic heterocycles. The first-order valence-electron chi connectivity index (χ1n) is 5.48. The molecular weight excluding hydrogens is 218 g/mol. The van der Waals surface area contributed by atoms with Gasteiger partial charge < -0.3 is 15.2 Å². The highest BCUT2D eigenvalue weighted by Crippen LogP contribution is 2.31. The van der Waals surface area contributed by atoms with E-state index in [1.165, 1.54) is 0 Å². The molecular formula is C12H13N3O2. The monoisotopic (exact) mass is 231 g/mol. The molecule has 5 heteroatoms. The highest BCUT2D eigenvalue weighted by molar-refractivity contribution is 5.40. The molecule has 1 aliphatic heterocycles. The van der Waals surface area contributed by atoms with E-state index >= 15 is 0 Å². The van der Waals surface area contributed by atoms with Gasteiger partial charge in [0.15, 0.2) is 17.6 Å². The summed E-state index contributed by atoms with van der Waals surface area (Å²) in [5, 5.41) is 4.12. The normalized spacial score (nSPS) is 18.0. The molecule has 0 bridgehead atoms. The zero-order chi connectivity index (χ0) is 11.7. The zero-order valence-electron chi connectivity index (χ0n) is 9.24. The van der Waals surface area contributed by atoms with Crippen LogP contribution in [0.25, 0.3) is 0 Å². The first-order chi connectivity index (χ1) is 8.31. The van der Waals surface area contributed by atoms with Gasteiger partial charge in [-0.05, 0) is 12.1 Å². The molecule has 17 heavy (non-hydrogen) atoms. The molecule has 88 valence electrons. The van der Waals surface area contributed by atoms with Crippen LogP contribution in [0, 0.1) is 0 Å². The standard InChI is InChI=1S/C12H13N3O2/c13-9-5-14-15(6-9)7-10-8-16-11-3-1-2-4-12(11)17-10/h1-6,10H,7-8,13H2/t10-/m1/s1. The molecule has 0 fully saturated rings. The molecule has 0 spiro atoms. The molecule has 2 N–H and O–H groups in total. The predicted molar refractivity (Wildman–Crippen MR) is 63.0 cm³/mol. The Bertz CT molecular complexity index is 524.